The molecule has 3 nitrogen and oxygen atoms in total. The van der Waals surface area contributed by atoms with Crippen LogP contribution in [0.3, 0.4) is 0 Å². The summed E-state index contributed by atoms with van der Waals surface area (Å²) >= 11 is 0. The molecule has 1 N–H and O–H groups in total. The Kier molecular flexibility index (Phi) is 3.57. The van der Waals surface area contributed by atoms with Gasteiger partial charge in [0.05, 0.1) is 5.60 Å². The summed E-state index contributed by atoms with van der Waals surface area (Å²) in [5.74, 6) is 0.139. The second-order valence-electron chi connectivity index (χ2n) is 8.29. The number of hydrogen-bond acceptors (Lipinski definition) is 3. The molecule has 3 aliphatic carbocycles. The largest absolute Gasteiger partial charge is 0.385 e. The zero-order valence-electron chi connectivity index (χ0n) is 14.5. The molecule has 23 heavy (non-hydrogen) atoms. The molecule has 3 heteroatoms. The normalized spacial score (nSPS) is 38.8. The highest BCUT2D eigenvalue weighted by Crippen LogP contribution is 2.60. The highest BCUT2D eigenvalue weighted by Gasteiger charge is 2.61. The predicted molar refractivity (Wildman–Crippen MR) is 89.8 cm³/mol. The number of Topliss-reactive ketones (excluding diaryl/α,β-unsaturated/α-hetero) is 1. The number of rotatable bonds is 3. The van der Waals surface area contributed by atoms with Gasteiger partial charge in [-0.2, -0.15) is 0 Å². The van der Waals surface area contributed by atoms with Gasteiger partial charge in [0.25, 0.3) is 0 Å². The maximum atomic E-state index is 12.2. The second-order valence-corrected chi connectivity index (χ2v) is 8.29. The van der Waals surface area contributed by atoms with E-state index < -0.39 is 11.0 Å². The van der Waals surface area contributed by atoms with E-state index >= 15 is 0 Å². The van der Waals surface area contributed by atoms with E-state index in [1.807, 2.05) is 25.2 Å². The van der Waals surface area contributed by atoms with Crippen molar-refractivity contribution < 1.29 is 14.7 Å². The number of carbonyl (C=O) groups is 2. The fraction of sp³-hybridized carbons (Fsp3) is 0.600. The maximum Gasteiger partial charge on any atom is 0.156 e. The standard InChI is InChI=1S/C20H26O3/c1-13-10-19(7-5-15-9-16(22)12-18(15,3)4)17(14(2)21)6-8-20(19,23)11-13/h5,7,9,11,17,23H,6,8,10,12H2,1-4H3/b7-5-/t17?,19-,20+/m0/s1. The zero-order valence-corrected chi connectivity index (χ0v) is 14.5. The molecule has 0 bridgehead atoms. The molecule has 3 atom stereocenters. The molecule has 0 amide bonds. The Morgan fingerprint density at radius 2 is 2.04 bits per heavy atom. The first-order valence-electron chi connectivity index (χ1n) is 8.45. The zero-order chi connectivity index (χ0) is 17.0. The smallest absolute Gasteiger partial charge is 0.156 e. The molecule has 0 heterocycles. The number of ketones is 2. The Bertz CT molecular complexity index is 664. The van der Waals surface area contributed by atoms with E-state index in [0.717, 1.165) is 17.6 Å². The van der Waals surface area contributed by atoms with Crippen LogP contribution in [0.5, 0.6) is 0 Å². The molecule has 0 spiro atoms. The Morgan fingerprint density at radius 3 is 2.61 bits per heavy atom. The Balaban J connectivity index is 2.01. The average Bonchev–Trinajstić information content (AvgIpc) is 2.90. The topological polar surface area (TPSA) is 54.4 Å². The van der Waals surface area contributed by atoms with E-state index in [-0.39, 0.29) is 22.9 Å². The van der Waals surface area contributed by atoms with E-state index in [4.69, 9.17) is 0 Å². The van der Waals surface area contributed by atoms with E-state index in [2.05, 4.69) is 13.8 Å². The Labute approximate surface area is 138 Å². The van der Waals surface area contributed by atoms with Crippen LogP contribution >= 0.6 is 0 Å². The molecule has 0 saturated heterocycles. The fourth-order valence-electron chi connectivity index (χ4n) is 4.91. The van der Waals surface area contributed by atoms with Gasteiger partial charge in [0.1, 0.15) is 5.78 Å². The molecule has 124 valence electrons. The fourth-order valence-corrected chi connectivity index (χ4v) is 4.91. The monoisotopic (exact) mass is 314 g/mol. The minimum atomic E-state index is -0.933. The number of allylic oxidation sites excluding steroid dienone is 4. The average molecular weight is 314 g/mol. The van der Waals surface area contributed by atoms with Gasteiger partial charge in [-0.1, -0.05) is 37.6 Å². The summed E-state index contributed by atoms with van der Waals surface area (Å²) in [6.07, 6.45) is 10.3. The molecule has 3 aliphatic rings. The van der Waals surface area contributed by atoms with Crippen molar-refractivity contribution in [3.63, 3.8) is 0 Å². The minimum Gasteiger partial charge on any atom is -0.385 e. The van der Waals surface area contributed by atoms with Crippen LogP contribution < -0.4 is 0 Å². The lowest BCUT2D eigenvalue weighted by Crippen LogP contribution is -2.43. The van der Waals surface area contributed by atoms with Crippen molar-refractivity contribution in [2.45, 2.75) is 59.0 Å². The lowest BCUT2D eigenvalue weighted by atomic mass is 9.68. The molecule has 1 fully saturated rings. The highest BCUT2D eigenvalue weighted by molar-refractivity contribution is 5.95. The van der Waals surface area contributed by atoms with Crippen molar-refractivity contribution in [2.24, 2.45) is 16.7 Å². The summed E-state index contributed by atoms with van der Waals surface area (Å²) in [6, 6.07) is 0. The summed E-state index contributed by atoms with van der Waals surface area (Å²) in [5, 5.41) is 11.2. The second kappa shape index (κ2) is 5.01. The molecular weight excluding hydrogens is 288 g/mol. The predicted octanol–water partition coefficient (Wildman–Crippen LogP) is 3.53. The SMILES string of the molecule is CC(=O)C1CC[C@@]2(O)C=C(C)C[C@@]12/C=C\C1=CC(=O)CC1(C)C. The van der Waals surface area contributed by atoms with Crippen LogP contribution in [0.25, 0.3) is 0 Å². The van der Waals surface area contributed by atoms with Crippen LogP contribution in [-0.2, 0) is 9.59 Å². The van der Waals surface area contributed by atoms with Crippen molar-refractivity contribution in [3.05, 3.63) is 35.5 Å². The first-order valence-corrected chi connectivity index (χ1v) is 8.45. The quantitative estimate of drug-likeness (QED) is 0.811. The minimum absolute atomic E-state index is 0.143. The third-order valence-corrected chi connectivity index (χ3v) is 6.06. The summed E-state index contributed by atoms with van der Waals surface area (Å²) in [6.45, 7) is 7.77. The van der Waals surface area contributed by atoms with Crippen LogP contribution in [0.15, 0.2) is 35.5 Å². The van der Waals surface area contributed by atoms with Gasteiger partial charge in [-0.05, 0) is 50.2 Å². The molecule has 3 rings (SSSR count). The Morgan fingerprint density at radius 1 is 1.35 bits per heavy atom. The number of fused-ring (bicyclic) bond motifs is 1. The van der Waals surface area contributed by atoms with E-state index in [0.29, 0.717) is 19.3 Å². The van der Waals surface area contributed by atoms with Crippen molar-refractivity contribution in [1.29, 1.82) is 0 Å². The molecule has 0 aromatic carbocycles. The van der Waals surface area contributed by atoms with Gasteiger partial charge in [-0.25, -0.2) is 0 Å². The van der Waals surface area contributed by atoms with Gasteiger partial charge in [-0.3, -0.25) is 9.59 Å². The first-order chi connectivity index (χ1) is 10.6. The lowest BCUT2D eigenvalue weighted by Gasteiger charge is -2.38. The Hall–Kier alpha value is -1.48. The molecule has 0 aromatic rings. The summed E-state index contributed by atoms with van der Waals surface area (Å²) in [4.78, 5) is 23.9. The molecule has 0 radical (unpaired) electrons. The van der Waals surface area contributed by atoms with Crippen LogP contribution in [0.4, 0.5) is 0 Å². The molecule has 0 aliphatic heterocycles. The van der Waals surface area contributed by atoms with E-state index in [1.54, 1.807) is 13.0 Å². The first kappa shape index (κ1) is 16.4. The van der Waals surface area contributed by atoms with E-state index in [9.17, 15) is 14.7 Å². The molecule has 1 saturated carbocycles. The number of carbonyl (C=O) groups excluding carboxylic acids is 2. The van der Waals surface area contributed by atoms with Crippen molar-refractivity contribution >= 4 is 11.6 Å². The van der Waals surface area contributed by atoms with Crippen LogP contribution in [-0.4, -0.2) is 22.3 Å². The van der Waals surface area contributed by atoms with Gasteiger partial charge in [0, 0.05) is 17.8 Å². The van der Waals surface area contributed by atoms with Crippen molar-refractivity contribution in [2.75, 3.05) is 0 Å². The third kappa shape index (κ3) is 2.37. The lowest BCUT2D eigenvalue weighted by molar-refractivity contribution is -0.125. The highest BCUT2D eigenvalue weighted by atomic mass is 16.3. The summed E-state index contributed by atoms with van der Waals surface area (Å²) in [5.41, 5.74) is 0.480. The van der Waals surface area contributed by atoms with Gasteiger partial charge in [-0.15, -0.1) is 0 Å². The van der Waals surface area contributed by atoms with Crippen LogP contribution in [0, 0.1) is 16.7 Å². The molecule has 0 aromatic heterocycles. The van der Waals surface area contributed by atoms with Gasteiger partial charge < -0.3 is 5.11 Å². The van der Waals surface area contributed by atoms with Gasteiger partial charge in [0.15, 0.2) is 5.78 Å². The maximum absolute atomic E-state index is 12.2. The van der Waals surface area contributed by atoms with Gasteiger partial charge >= 0.3 is 0 Å². The van der Waals surface area contributed by atoms with Gasteiger partial charge in [0.2, 0.25) is 0 Å². The molecule has 1 unspecified atom stereocenters. The van der Waals surface area contributed by atoms with Crippen molar-refractivity contribution in [1.82, 2.24) is 0 Å². The third-order valence-electron chi connectivity index (χ3n) is 6.06. The van der Waals surface area contributed by atoms with Crippen molar-refractivity contribution in [3.8, 4) is 0 Å². The van der Waals surface area contributed by atoms with Crippen LogP contribution in [0.2, 0.25) is 0 Å². The van der Waals surface area contributed by atoms with Crippen LogP contribution in [0.1, 0.15) is 53.4 Å². The molecular formula is C20H26O3. The summed E-state index contributed by atoms with van der Waals surface area (Å²) < 4.78 is 0. The number of aliphatic hydroxyl groups is 1. The summed E-state index contributed by atoms with van der Waals surface area (Å²) in [7, 11) is 0. The number of hydrogen-bond donors (Lipinski definition) is 1. The van der Waals surface area contributed by atoms with E-state index in [1.165, 1.54) is 0 Å².